The Labute approximate surface area is 116 Å². The molecule has 19 heavy (non-hydrogen) atoms. The van der Waals surface area contributed by atoms with Crippen molar-refractivity contribution in [2.24, 2.45) is 0 Å². The minimum absolute atomic E-state index is 0.0868. The molecule has 0 saturated heterocycles. The van der Waals surface area contributed by atoms with Gasteiger partial charge in [0, 0.05) is 6.54 Å². The van der Waals surface area contributed by atoms with Gasteiger partial charge in [-0.1, -0.05) is 19.8 Å². The zero-order valence-electron chi connectivity index (χ0n) is 11.2. The molecule has 0 spiro atoms. The van der Waals surface area contributed by atoms with E-state index in [-0.39, 0.29) is 5.91 Å². The fourth-order valence-corrected chi connectivity index (χ4v) is 2.69. The summed E-state index contributed by atoms with van der Waals surface area (Å²) < 4.78 is 6.13. The van der Waals surface area contributed by atoms with Gasteiger partial charge in [0.05, 0.1) is 17.3 Å². The third-order valence-corrected chi connectivity index (χ3v) is 3.87. The average molecular weight is 278 g/mol. The molecule has 2 rings (SSSR count). The summed E-state index contributed by atoms with van der Waals surface area (Å²) in [6, 6.07) is 5.63. The second kappa shape index (κ2) is 6.52. The Bertz CT molecular complexity index is 566. The summed E-state index contributed by atoms with van der Waals surface area (Å²) in [4.78, 5) is 16.3. The fraction of sp³-hybridized carbons (Fsp3) is 0.429. The average Bonchev–Trinajstić information content (AvgIpc) is 2.86. The van der Waals surface area contributed by atoms with Crippen molar-refractivity contribution in [2.45, 2.75) is 26.2 Å². The summed E-state index contributed by atoms with van der Waals surface area (Å²) in [5.74, 6) is 0.697. The van der Waals surface area contributed by atoms with Gasteiger partial charge in [0.2, 0.25) is 0 Å². The Balaban J connectivity index is 2.05. The van der Waals surface area contributed by atoms with E-state index in [2.05, 4.69) is 17.2 Å². The topological polar surface area (TPSA) is 51.2 Å². The highest BCUT2D eigenvalue weighted by Crippen LogP contribution is 2.26. The summed E-state index contributed by atoms with van der Waals surface area (Å²) in [6.07, 6.45) is 3.30. The Hall–Kier alpha value is -1.62. The molecule has 0 atom stereocenters. The maximum atomic E-state index is 11.9. The first-order chi connectivity index (χ1) is 9.24. The Kier molecular flexibility index (Phi) is 4.74. The van der Waals surface area contributed by atoms with Crippen LogP contribution >= 0.6 is 11.3 Å². The number of carbonyl (C=O) groups excluding carboxylic acids is 1. The van der Waals surface area contributed by atoms with E-state index in [1.807, 2.05) is 18.2 Å². The van der Waals surface area contributed by atoms with Crippen molar-refractivity contribution in [3.8, 4) is 5.75 Å². The van der Waals surface area contributed by atoms with E-state index < -0.39 is 0 Å². The molecule has 0 saturated carbocycles. The number of ether oxygens (including phenoxy) is 1. The number of nitrogens with zero attached hydrogens (tertiary/aromatic N) is 1. The number of thiazole rings is 1. The molecule has 1 heterocycles. The standard InChI is InChI=1S/C14H18N2O2S/c1-3-4-5-8-15-13(17)14-16-11-7-6-10(18-2)9-12(11)19-14/h6-7,9H,3-5,8H2,1-2H3,(H,15,17). The van der Waals surface area contributed by atoms with Crippen LogP contribution in [0, 0.1) is 0 Å². The van der Waals surface area contributed by atoms with Gasteiger partial charge in [-0.25, -0.2) is 4.98 Å². The lowest BCUT2D eigenvalue weighted by molar-refractivity contribution is 0.0953. The van der Waals surface area contributed by atoms with Crippen molar-refractivity contribution < 1.29 is 9.53 Å². The number of amides is 1. The second-order valence-corrected chi connectivity index (χ2v) is 5.35. The molecule has 1 amide bonds. The third-order valence-electron chi connectivity index (χ3n) is 2.86. The number of aromatic nitrogens is 1. The summed E-state index contributed by atoms with van der Waals surface area (Å²) in [6.45, 7) is 2.86. The minimum atomic E-state index is -0.0868. The second-order valence-electron chi connectivity index (χ2n) is 4.32. The lowest BCUT2D eigenvalue weighted by atomic mass is 10.2. The minimum Gasteiger partial charge on any atom is -0.497 e. The SMILES string of the molecule is CCCCCNC(=O)c1nc2ccc(OC)cc2s1. The third kappa shape index (κ3) is 3.44. The van der Waals surface area contributed by atoms with Crippen LogP contribution in [0.3, 0.4) is 0 Å². The Morgan fingerprint density at radius 3 is 3.00 bits per heavy atom. The van der Waals surface area contributed by atoms with Crippen molar-refractivity contribution in [3.05, 3.63) is 23.2 Å². The van der Waals surface area contributed by atoms with E-state index in [9.17, 15) is 4.79 Å². The van der Waals surface area contributed by atoms with Gasteiger partial charge in [0.15, 0.2) is 5.01 Å². The van der Waals surface area contributed by atoms with Crippen molar-refractivity contribution in [1.82, 2.24) is 10.3 Å². The maximum absolute atomic E-state index is 11.9. The molecular formula is C14H18N2O2S. The fourth-order valence-electron chi connectivity index (χ4n) is 1.78. The normalized spacial score (nSPS) is 10.6. The van der Waals surface area contributed by atoms with Crippen LogP contribution < -0.4 is 10.1 Å². The van der Waals surface area contributed by atoms with Gasteiger partial charge in [-0.3, -0.25) is 4.79 Å². The first-order valence-corrected chi connectivity index (χ1v) is 7.29. The first kappa shape index (κ1) is 13.8. The molecule has 0 fully saturated rings. The highest BCUT2D eigenvalue weighted by atomic mass is 32.1. The molecule has 0 aliphatic carbocycles. The molecular weight excluding hydrogens is 260 g/mol. The van der Waals surface area contributed by atoms with Crippen molar-refractivity contribution >= 4 is 27.5 Å². The van der Waals surface area contributed by atoms with Crippen molar-refractivity contribution in [3.63, 3.8) is 0 Å². The van der Waals surface area contributed by atoms with Crippen LogP contribution in [0.25, 0.3) is 10.2 Å². The molecule has 0 bridgehead atoms. The number of fused-ring (bicyclic) bond motifs is 1. The predicted octanol–water partition coefficient (Wildman–Crippen LogP) is 3.22. The molecule has 1 N–H and O–H groups in total. The van der Waals surface area contributed by atoms with Crippen LogP contribution in [0.15, 0.2) is 18.2 Å². The van der Waals surface area contributed by atoms with Gasteiger partial charge < -0.3 is 10.1 Å². The zero-order valence-corrected chi connectivity index (χ0v) is 12.0. The smallest absolute Gasteiger partial charge is 0.280 e. The molecule has 2 aromatic rings. The van der Waals surface area contributed by atoms with Gasteiger partial charge in [-0.05, 0) is 24.6 Å². The van der Waals surface area contributed by atoms with Crippen molar-refractivity contribution in [1.29, 1.82) is 0 Å². The number of benzene rings is 1. The number of unbranched alkanes of at least 4 members (excludes halogenated alkanes) is 2. The summed E-state index contributed by atoms with van der Waals surface area (Å²) in [5, 5.41) is 3.41. The summed E-state index contributed by atoms with van der Waals surface area (Å²) in [5.41, 5.74) is 0.838. The lowest BCUT2D eigenvalue weighted by Crippen LogP contribution is -2.24. The van der Waals surface area contributed by atoms with E-state index in [1.165, 1.54) is 11.3 Å². The van der Waals surface area contributed by atoms with Crippen LogP contribution in [-0.4, -0.2) is 24.5 Å². The molecule has 5 heteroatoms. The maximum Gasteiger partial charge on any atom is 0.280 e. The van der Waals surface area contributed by atoms with Gasteiger partial charge in [0.1, 0.15) is 5.75 Å². The van der Waals surface area contributed by atoms with Crippen LogP contribution in [0.4, 0.5) is 0 Å². The van der Waals surface area contributed by atoms with Gasteiger partial charge in [-0.15, -0.1) is 11.3 Å². The number of hydrogen-bond donors (Lipinski definition) is 1. The lowest BCUT2D eigenvalue weighted by Gasteiger charge is -2.00. The molecule has 1 aromatic carbocycles. The largest absolute Gasteiger partial charge is 0.497 e. The van der Waals surface area contributed by atoms with E-state index in [0.717, 1.165) is 35.2 Å². The molecule has 0 aliphatic rings. The van der Waals surface area contributed by atoms with Crippen molar-refractivity contribution in [2.75, 3.05) is 13.7 Å². The highest BCUT2D eigenvalue weighted by molar-refractivity contribution is 7.20. The Morgan fingerprint density at radius 1 is 1.42 bits per heavy atom. The van der Waals surface area contributed by atoms with Crippen LogP contribution in [0.5, 0.6) is 5.75 Å². The Morgan fingerprint density at radius 2 is 2.26 bits per heavy atom. The quantitative estimate of drug-likeness (QED) is 0.825. The first-order valence-electron chi connectivity index (χ1n) is 6.47. The van der Waals surface area contributed by atoms with Gasteiger partial charge >= 0.3 is 0 Å². The van der Waals surface area contributed by atoms with Crippen LogP contribution in [-0.2, 0) is 0 Å². The number of nitrogens with one attached hydrogen (secondary N) is 1. The van der Waals surface area contributed by atoms with E-state index in [0.29, 0.717) is 11.6 Å². The van der Waals surface area contributed by atoms with E-state index in [4.69, 9.17) is 4.74 Å². The van der Waals surface area contributed by atoms with Gasteiger partial charge in [0.25, 0.3) is 5.91 Å². The van der Waals surface area contributed by atoms with E-state index in [1.54, 1.807) is 7.11 Å². The molecule has 0 unspecified atom stereocenters. The molecule has 0 radical (unpaired) electrons. The summed E-state index contributed by atoms with van der Waals surface area (Å²) in [7, 11) is 1.63. The molecule has 1 aromatic heterocycles. The number of methoxy groups -OCH3 is 1. The monoisotopic (exact) mass is 278 g/mol. The van der Waals surface area contributed by atoms with E-state index >= 15 is 0 Å². The number of rotatable bonds is 6. The van der Waals surface area contributed by atoms with Gasteiger partial charge in [-0.2, -0.15) is 0 Å². The zero-order chi connectivity index (χ0) is 13.7. The number of hydrogen-bond acceptors (Lipinski definition) is 4. The summed E-state index contributed by atoms with van der Waals surface area (Å²) >= 11 is 1.40. The molecule has 0 aliphatic heterocycles. The van der Waals surface area contributed by atoms with Crippen LogP contribution in [0.1, 0.15) is 36.0 Å². The van der Waals surface area contributed by atoms with Crippen LogP contribution in [0.2, 0.25) is 0 Å². The number of carbonyl (C=O) groups is 1. The predicted molar refractivity (Wildman–Crippen MR) is 78.0 cm³/mol. The highest BCUT2D eigenvalue weighted by Gasteiger charge is 2.11. The molecule has 4 nitrogen and oxygen atoms in total. The molecule has 102 valence electrons.